The van der Waals surface area contributed by atoms with E-state index in [1.807, 2.05) is 11.8 Å². The van der Waals surface area contributed by atoms with E-state index >= 15 is 0 Å². The molecule has 4 nitrogen and oxygen atoms in total. The molecule has 6 heteroatoms. The minimum atomic E-state index is -3.49. The van der Waals surface area contributed by atoms with Crippen molar-refractivity contribution in [3.63, 3.8) is 0 Å². The van der Waals surface area contributed by atoms with Gasteiger partial charge in [0.15, 0.2) is 0 Å². The summed E-state index contributed by atoms with van der Waals surface area (Å²) in [5, 5.41) is 9.32. The Morgan fingerprint density at radius 1 is 1.33 bits per heavy atom. The molecule has 0 atom stereocenters. The molecular weight excluding hydrogens is 306 g/mol. The molecule has 0 spiro atoms. The minimum Gasteiger partial charge on any atom is -0.392 e. The lowest BCUT2D eigenvalue weighted by molar-refractivity contribution is 0.280. The van der Waals surface area contributed by atoms with E-state index in [1.165, 1.54) is 0 Å². The Kier molecular flexibility index (Phi) is 5.03. The van der Waals surface area contributed by atoms with E-state index < -0.39 is 10.0 Å². The molecule has 1 fully saturated rings. The second-order valence-corrected chi connectivity index (χ2v) is 9.67. The highest BCUT2D eigenvalue weighted by Gasteiger charge is 2.31. The van der Waals surface area contributed by atoms with Crippen LogP contribution in [0.15, 0.2) is 23.1 Å². The molecule has 1 aliphatic heterocycles. The third-order valence-electron chi connectivity index (χ3n) is 3.98. The number of benzene rings is 1. The van der Waals surface area contributed by atoms with Crippen molar-refractivity contribution < 1.29 is 13.5 Å². The van der Waals surface area contributed by atoms with Crippen molar-refractivity contribution in [3.8, 4) is 0 Å². The monoisotopic (exact) mass is 329 g/mol. The molecule has 21 heavy (non-hydrogen) atoms. The number of nitrogens with zero attached hydrogens (tertiary/aromatic N) is 1. The standard InChI is InChI=1S/C15H23NO3S2/c1-12-13(11-17)5-4-6-14(12)21(18,19)16-8-7-15(2,3)20-10-9-16/h4-6,17H,7-11H2,1-3H3. The first-order valence-corrected chi connectivity index (χ1v) is 9.54. The largest absolute Gasteiger partial charge is 0.392 e. The molecule has 0 unspecified atom stereocenters. The second-order valence-electron chi connectivity index (χ2n) is 5.96. The number of thioether (sulfide) groups is 1. The van der Waals surface area contributed by atoms with Gasteiger partial charge < -0.3 is 5.11 Å². The Morgan fingerprint density at radius 3 is 2.71 bits per heavy atom. The highest BCUT2D eigenvalue weighted by atomic mass is 32.2. The molecule has 1 saturated heterocycles. The summed E-state index contributed by atoms with van der Waals surface area (Å²) in [5.41, 5.74) is 1.32. The van der Waals surface area contributed by atoms with Gasteiger partial charge in [0.05, 0.1) is 11.5 Å². The number of hydrogen-bond acceptors (Lipinski definition) is 4. The van der Waals surface area contributed by atoms with E-state index in [0.717, 1.165) is 12.2 Å². The summed E-state index contributed by atoms with van der Waals surface area (Å²) in [4.78, 5) is 0.318. The summed E-state index contributed by atoms with van der Waals surface area (Å²) >= 11 is 1.82. The summed E-state index contributed by atoms with van der Waals surface area (Å²) < 4.78 is 27.4. The molecule has 1 heterocycles. The number of aliphatic hydroxyl groups is 1. The molecule has 1 aromatic carbocycles. The molecule has 1 aliphatic rings. The third kappa shape index (κ3) is 3.62. The maximum absolute atomic E-state index is 12.9. The first-order valence-electron chi connectivity index (χ1n) is 7.11. The molecule has 0 bridgehead atoms. The van der Waals surface area contributed by atoms with Crippen molar-refractivity contribution in [1.82, 2.24) is 4.31 Å². The van der Waals surface area contributed by atoms with E-state index in [4.69, 9.17) is 0 Å². The number of sulfonamides is 1. The fraction of sp³-hybridized carbons (Fsp3) is 0.600. The lowest BCUT2D eigenvalue weighted by atomic mass is 10.1. The molecule has 1 N–H and O–H groups in total. The van der Waals surface area contributed by atoms with Crippen LogP contribution in [-0.2, 0) is 16.6 Å². The van der Waals surface area contributed by atoms with Gasteiger partial charge in [0, 0.05) is 23.6 Å². The maximum Gasteiger partial charge on any atom is 0.243 e. The van der Waals surface area contributed by atoms with Crippen LogP contribution >= 0.6 is 11.8 Å². The van der Waals surface area contributed by atoms with Gasteiger partial charge in [0.25, 0.3) is 0 Å². The van der Waals surface area contributed by atoms with Gasteiger partial charge in [-0.15, -0.1) is 0 Å². The van der Waals surface area contributed by atoms with Crippen LogP contribution in [0.2, 0.25) is 0 Å². The molecule has 0 amide bonds. The smallest absolute Gasteiger partial charge is 0.243 e. The van der Waals surface area contributed by atoms with Crippen LogP contribution in [0.5, 0.6) is 0 Å². The third-order valence-corrected chi connectivity index (χ3v) is 7.40. The fourth-order valence-electron chi connectivity index (χ4n) is 2.49. The molecule has 0 aromatic heterocycles. The highest BCUT2D eigenvalue weighted by Crippen LogP contribution is 2.33. The van der Waals surface area contributed by atoms with Gasteiger partial charge in [-0.2, -0.15) is 16.1 Å². The van der Waals surface area contributed by atoms with Crippen molar-refractivity contribution in [2.45, 2.75) is 43.4 Å². The van der Waals surface area contributed by atoms with Gasteiger partial charge in [-0.1, -0.05) is 26.0 Å². The van der Waals surface area contributed by atoms with Crippen LogP contribution in [0.1, 0.15) is 31.4 Å². The topological polar surface area (TPSA) is 57.6 Å². The number of rotatable bonds is 3. The summed E-state index contributed by atoms with van der Waals surface area (Å²) in [6, 6.07) is 5.09. The molecule has 0 saturated carbocycles. The fourth-order valence-corrected chi connectivity index (χ4v) is 5.42. The lowest BCUT2D eigenvalue weighted by Gasteiger charge is -2.23. The molecule has 0 radical (unpaired) electrons. The summed E-state index contributed by atoms with van der Waals surface area (Å²) in [5.74, 6) is 0.810. The predicted molar refractivity (Wildman–Crippen MR) is 87.0 cm³/mol. The van der Waals surface area contributed by atoms with Gasteiger partial charge in [-0.3, -0.25) is 0 Å². The van der Waals surface area contributed by atoms with Gasteiger partial charge in [-0.25, -0.2) is 8.42 Å². The van der Waals surface area contributed by atoms with E-state index in [0.29, 0.717) is 29.1 Å². The van der Waals surface area contributed by atoms with E-state index in [-0.39, 0.29) is 11.4 Å². The maximum atomic E-state index is 12.9. The second kappa shape index (κ2) is 6.28. The zero-order valence-corrected chi connectivity index (χ0v) is 14.4. The zero-order valence-electron chi connectivity index (χ0n) is 12.8. The van der Waals surface area contributed by atoms with Crippen LogP contribution in [0.25, 0.3) is 0 Å². The van der Waals surface area contributed by atoms with E-state index in [1.54, 1.807) is 29.4 Å². The quantitative estimate of drug-likeness (QED) is 0.925. The van der Waals surface area contributed by atoms with Crippen LogP contribution in [0.4, 0.5) is 0 Å². The molecule has 118 valence electrons. The van der Waals surface area contributed by atoms with Crippen molar-refractivity contribution in [1.29, 1.82) is 0 Å². The van der Waals surface area contributed by atoms with Crippen molar-refractivity contribution >= 4 is 21.8 Å². The minimum absolute atomic E-state index is 0.117. The Bertz CT molecular complexity index is 611. The Balaban J connectivity index is 2.34. The van der Waals surface area contributed by atoms with Crippen molar-refractivity contribution in [2.75, 3.05) is 18.8 Å². The first-order chi connectivity index (χ1) is 9.78. The Labute approximate surface area is 131 Å². The van der Waals surface area contributed by atoms with Gasteiger partial charge in [-0.05, 0) is 30.5 Å². The van der Waals surface area contributed by atoms with Gasteiger partial charge in [0.2, 0.25) is 10.0 Å². The molecular formula is C15H23NO3S2. The van der Waals surface area contributed by atoms with Crippen LogP contribution in [0.3, 0.4) is 0 Å². The SMILES string of the molecule is Cc1c(CO)cccc1S(=O)(=O)N1CCSC(C)(C)CC1. The van der Waals surface area contributed by atoms with Gasteiger partial charge >= 0.3 is 0 Å². The highest BCUT2D eigenvalue weighted by molar-refractivity contribution is 8.00. The van der Waals surface area contributed by atoms with Gasteiger partial charge in [0.1, 0.15) is 0 Å². The lowest BCUT2D eigenvalue weighted by Crippen LogP contribution is -2.34. The summed E-state index contributed by atoms with van der Waals surface area (Å²) in [6.07, 6.45) is 0.843. The average molecular weight is 329 g/mol. The average Bonchev–Trinajstić information content (AvgIpc) is 2.60. The zero-order chi connectivity index (χ0) is 15.7. The van der Waals surface area contributed by atoms with Crippen LogP contribution in [-0.4, -0.2) is 41.4 Å². The van der Waals surface area contributed by atoms with Crippen LogP contribution in [0, 0.1) is 6.92 Å². The van der Waals surface area contributed by atoms with Crippen LogP contribution < -0.4 is 0 Å². The molecule has 2 rings (SSSR count). The normalized spacial score (nSPS) is 20.2. The van der Waals surface area contributed by atoms with Crippen molar-refractivity contribution in [2.24, 2.45) is 0 Å². The van der Waals surface area contributed by atoms with Crippen molar-refractivity contribution in [3.05, 3.63) is 29.3 Å². The Morgan fingerprint density at radius 2 is 2.05 bits per heavy atom. The number of aliphatic hydroxyl groups excluding tert-OH is 1. The summed E-state index contributed by atoms with van der Waals surface area (Å²) in [6.45, 7) is 7.02. The number of hydrogen-bond donors (Lipinski definition) is 1. The molecule has 0 aliphatic carbocycles. The molecule has 1 aromatic rings. The Hall–Kier alpha value is -0.560. The van der Waals surface area contributed by atoms with E-state index in [2.05, 4.69) is 13.8 Å². The summed E-state index contributed by atoms with van der Waals surface area (Å²) in [7, 11) is -3.49. The first kappa shape index (κ1) is 16.8. The van der Waals surface area contributed by atoms with E-state index in [9.17, 15) is 13.5 Å². The predicted octanol–water partition coefficient (Wildman–Crippen LogP) is 2.39.